The van der Waals surface area contributed by atoms with E-state index in [0.717, 1.165) is 12.2 Å². The highest BCUT2D eigenvalue weighted by Crippen LogP contribution is 2.10. The highest BCUT2D eigenvalue weighted by molar-refractivity contribution is 5.50. The summed E-state index contributed by atoms with van der Waals surface area (Å²) in [6.07, 6.45) is 0. The number of anilines is 1. The topological polar surface area (TPSA) is 29.3 Å². The third kappa shape index (κ3) is 3.08. The molecular formula is C11H16N2. The van der Waals surface area contributed by atoms with E-state index in [4.69, 9.17) is 5.73 Å². The summed E-state index contributed by atoms with van der Waals surface area (Å²) in [6.45, 7) is 2.88. The maximum Gasteiger partial charge on any atom is 0.0489 e. The second kappa shape index (κ2) is 5.96. The van der Waals surface area contributed by atoms with Crippen LogP contribution in [0.15, 0.2) is 30.3 Å². The highest BCUT2D eigenvalue weighted by Gasteiger charge is 1.97. The van der Waals surface area contributed by atoms with E-state index >= 15 is 0 Å². The first kappa shape index (κ1) is 11.4. The fraction of sp³-hybridized carbons (Fsp3) is 0.273. The van der Waals surface area contributed by atoms with Gasteiger partial charge in [0.05, 0.1) is 0 Å². The van der Waals surface area contributed by atoms with Gasteiger partial charge in [-0.05, 0) is 19.1 Å². The molecule has 1 rings (SSSR count). The largest absolute Gasteiger partial charge is 0.358 e. The van der Waals surface area contributed by atoms with E-state index in [9.17, 15) is 0 Å². The van der Waals surface area contributed by atoms with Crippen LogP contribution in [0.1, 0.15) is 14.4 Å². The lowest BCUT2D eigenvalue weighted by Gasteiger charge is -2.13. The van der Waals surface area contributed by atoms with Crippen molar-refractivity contribution >= 4 is 5.69 Å². The second-order valence-corrected chi connectivity index (χ2v) is 2.34. The molecule has 70 valence electrons. The predicted octanol–water partition coefficient (Wildman–Crippen LogP) is 2.03. The van der Waals surface area contributed by atoms with Crippen LogP contribution in [0.3, 0.4) is 0 Å². The predicted molar refractivity (Wildman–Crippen MR) is 58.2 cm³/mol. The zero-order valence-electron chi connectivity index (χ0n) is 7.12. The van der Waals surface area contributed by atoms with E-state index in [0.29, 0.717) is 0 Å². The van der Waals surface area contributed by atoms with Crippen LogP contribution >= 0.6 is 0 Å². The summed E-state index contributed by atoms with van der Waals surface area (Å²) in [5, 5.41) is 0. The highest BCUT2D eigenvalue weighted by atomic mass is 15.1. The summed E-state index contributed by atoms with van der Waals surface area (Å²) in [6, 6.07) is 15.2. The Hall–Kier alpha value is -1.62. The first-order valence-corrected chi connectivity index (χ1v) is 3.92. The Morgan fingerprint density at radius 3 is 2.38 bits per heavy atom. The minimum atomic E-state index is 0. The van der Waals surface area contributed by atoms with Crippen LogP contribution in [-0.2, 0) is 0 Å². The zero-order valence-corrected chi connectivity index (χ0v) is 7.12. The summed E-state index contributed by atoms with van der Waals surface area (Å²) >= 11 is 0. The molecule has 0 bridgehead atoms. The van der Waals surface area contributed by atoms with Crippen molar-refractivity contribution < 1.29 is 0 Å². The van der Waals surface area contributed by atoms with Gasteiger partial charge in [-0.15, -0.1) is 0 Å². The van der Waals surface area contributed by atoms with E-state index in [-0.39, 0.29) is 7.43 Å². The number of nitrogens with two attached hydrogens (primary N) is 1. The van der Waals surface area contributed by atoms with E-state index in [2.05, 4.69) is 12.1 Å². The van der Waals surface area contributed by atoms with Gasteiger partial charge >= 0.3 is 0 Å². The van der Waals surface area contributed by atoms with Gasteiger partial charge in [-0.1, -0.05) is 25.6 Å². The van der Waals surface area contributed by atoms with Gasteiger partial charge in [-0.3, -0.25) is 0 Å². The van der Waals surface area contributed by atoms with E-state index in [1.807, 2.05) is 42.2 Å². The van der Waals surface area contributed by atoms with Crippen LogP contribution in [0.4, 0.5) is 5.69 Å². The van der Waals surface area contributed by atoms with Gasteiger partial charge < -0.3 is 10.6 Å². The van der Waals surface area contributed by atoms with Crippen LogP contribution in [0.2, 0.25) is 0 Å². The Kier molecular flexibility index (Phi) is 5.22. The van der Waals surface area contributed by atoms with Gasteiger partial charge in [0.1, 0.15) is 0 Å². The normalized spacial score (nSPS) is 7.77. The molecule has 0 atom stereocenters. The average molecular weight is 176 g/mol. The lowest BCUT2D eigenvalue weighted by atomic mass is 10.3. The molecule has 0 aliphatic carbocycles. The summed E-state index contributed by atoms with van der Waals surface area (Å²) in [5.41, 5.74) is 6.22. The summed E-state index contributed by atoms with van der Waals surface area (Å²) < 4.78 is 0. The minimum Gasteiger partial charge on any atom is -0.358 e. The van der Waals surface area contributed by atoms with Crippen molar-refractivity contribution in [2.45, 2.75) is 14.4 Å². The van der Waals surface area contributed by atoms with Crippen molar-refractivity contribution in [3.63, 3.8) is 0 Å². The first-order valence-electron chi connectivity index (χ1n) is 3.92. The minimum absolute atomic E-state index is 0. The molecule has 0 fully saturated rings. The molecule has 0 radical (unpaired) electrons. The lowest BCUT2D eigenvalue weighted by Crippen LogP contribution is -2.15. The molecule has 13 heavy (non-hydrogen) atoms. The third-order valence-corrected chi connectivity index (χ3v) is 1.58. The SMILES string of the molecule is C.CCN(C#CN)c1ccccc1. The van der Waals surface area contributed by atoms with E-state index < -0.39 is 0 Å². The Morgan fingerprint density at radius 1 is 1.31 bits per heavy atom. The van der Waals surface area contributed by atoms with Gasteiger partial charge in [0.25, 0.3) is 0 Å². The van der Waals surface area contributed by atoms with Crippen molar-refractivity contribution in [1.82, 2.24) is 0 Å². The van der Waals surface area contributed by atoms with Gasteiger partial charge in [-0.2, -0.15) is 0 Å². The molecule has 2 N–H and O–H groups in total. The molecule has 0 unspecified atom stereocenters. The fourth-order valence-corrected chi connectivity index (χ4v) is 1.01. The number of hydrogen-bond acceptors (Lipinski definition) is 2. The Morgan fingerprint density at radius 2 is 1.92 bits per heavy atom. The maximum absolute atomic E-state index is 5.14. The number of para-hydroxylation sites is 1. The molecule has 2 nitrogen and oxygen atoms in total. The average Bonchev–Trinajstić information content (AvgIpc) is 2.15. The fourth-order valence-electron chi connectivity index (χ4n) is 1.01. The molecule has 0 saturated carbocycles. The lowest BCUT2D eigenvalue weighted by molar-refractivity contribution is 1.04. The van der Waals surface area contributed by atoms with Crippen LogP contribution in [-0.4, -0.2) is 6.54 Å². The molecule has 1 aromatic rings. The van der Waals surface area contributed by atoms with Crippen molar-refractivity contribution in [2.24, 2.45) is 5.73 Å². The van der Waals surface area contributed by atoms with Crippen LogP contribution in [0, 0.1) is 12.1 Å². The van der Waals surface area contributed by atoms with E-state index in [1.165, 1.54) is 0 Å². The quantitative estimate of drug-likeness (QED) is 0.552. The van der Waals surface area contributed by atoms with Crippen molar-refractivity contribution in [3.8, 4) is 12.1 Å². The van der Waals surface area contributed by atoms with Gasteiger partial charge in [0.15, 0.2) is 0 Å². The number of benzene rings is 1. The standard InChI is InChI=1S/C10H12N2.CH4/c1-2-12(9-8-11)10-6-4-3-5-7-10;/h3-7H,2,11H2,1H3;1H4. The molecule has 0 aliphatic rings. The van der Waals surface area contributed by atoms with Crippen molar-refractivity contribution in [1.29, 1.82) is 0 Å². The van der Waals surface area contributed by atoms with E-state index in [1.54, 1.807) is 0 Å². The zero-order chi connectivity index (χ0) is 8.81. The molecule has 2 heteroatoms. The van der Waals surface area contributed by atoms with Gasteiger partial charge in [-0.25, -0.2) is 0 Å². The molecule has 0 aromatic heterocycles. The summed E-state index contributed by atoms with van der Waals surface area (Å²) in [7, 11) is 0. The monoisotopic (exact) mass is 176 g/mol. The molecule has 0 amide bonds. The Balaban J connectivity index is 0.00000144. The maximum atomic E-state index is 5.14. The number of rotatable bonds is 2. The molecule has 0 spiro atoms. The summed E-state index contributed by atoms with van der Waals surface area (Å²) in [5.74, 6) is 0. The molecule has 0 saturated heterocycles. The van der Waals surface area contributed by atoms with Crippen molar-refractivity contribution in [2.75, 3.05) is 11.4 Å². The molecule has 0 aliphatic heterocycles. The number of hydrogen-bond donors (Lipinski definition) is 1. The first-order chi connectivity index (χ1) is 5.88. The smallest absolute Gasteiger partial charge is 0.0489 e. The third-order valence-electron chi connectivity index (χ3n) is 1.58. The van der Waals surface area contributed by atoms with Crippen LogP contribution in [0.5, 0.6) is 0 Å². The molecule has 1 aromatic carbocycles. The second-order valence-electron chi connectivity index (χ2n) is 2.34. The number of nitrogens with zero attached hydrogens (tertiary/aromatic N) is 1. The van der Waals surface area contributed by atoms with Gasteiger partial charge in [0.2, 0.25) is 0 Å². The summed E-state index contributed by atoms with van der Waals surface area (Å²) in [4.78, 5) is 1.90. The Labute approximate surface area is 80.4 Å². The van der Waals surface area contributed by atoms with Crippen molar-refractivity contribution in [3.05, 3.63) is 30.3 Å². The van der Waals surface area contributed by atoms with Crippen LogP contribution in [0.25, 0.3) is 0 Å². The van der Waals surface area contributed by atoms with Gasteiger partial charge in [0, 0.05) is 24.3 Å². The molecular weight excluding hydrogens is 160 g/mol. The molecule has 0 heterocycles. The Bertz CT molecular complexity index is 282. The van der Waals surface area contributed by atoms with Crippen LogP contribution < -0.4 is 10.6 Å².